The van der Waals surface area contributed by atoms with Crippen LogP contribution in [0, 0.1) is 0 Å². The number of nitrogens with zero attached hydrogens (tertiary/aromatic N) is 3. The topological polar surface area (TPSA) is 30.7 Å². The van der Waals surface area contributed by atoms with E-state index in [1.807, 2.05) is 4.68 Å². The molecular formula is C20H33N3. The highest BCUT2D eigenvalue weighted by Gasteiger charge is 1.98. The summed E-state index contributed by atoms with van der Waals surface area (Å²) in [6.45, 7) is 11.8. The molecule has 1 aromatic heterocycles. The van der Waals surface area contributed by atoms with Crippen molar-refractivity contribution in [1.82, 2.24) is 15.0 Å². The lowest BCUT2D eigenvalue weighted by molar-refractivity contribution is 0.656. The summed E-state index contributed by atoms with van der Waals surface area (Å²) in [7, 11) is 0. The Balaban J connectivity index is 2.31. The average molecular weight is 316 g/mol. The minimum absolute atomic E-state index is 0.825. The van der Waals surface area contributed by atoms with Gasteiger partial charge in [0.2, 0.25) is 0 Å². The first-order valence-corrected chi connectivity index (χ1v) is 8.85. The van der Waals surface area contributed by atoms with Gasteiger partial charge >= 0.3 is 0 Å². The number of aryl methyl sites for hydroxylation is 1. The van der Waals surface area contributed by atoms with Crippen molar-refractivity contribution in [2.75, 3.05) is 0 Å². The zero-order valence-corrected chi connectivity index (χ0v) is 15.6. The lowest BCUT2D eigenvalue weighted by atomic mass is 10.1. The largest absolute Gasteiger partial charge is 0.248 e. The second-order valence-corrected chi connectivity index (χ2v) is 6.64. The van der Waals surface area contributed by atoms with E-state index in [9.17, 15) is 0 Å². The Hall–Kier alpha value is -1.64. The number of aromatic nitrogens is 3. The Morgan fingerprint density at radius 1 is 1.00 bits per heavy atom. The third-order valence-corrected chi connectivity index (χ3v) is 3.84. The van der Waals surface area contributed by atoms with E-state index in [0.29, 0.717) is 0 Å². The molecule has 128 valence electrons. The Bertz CT molecular complexity index is 543. The van der Waals surface area contributed by atoms with Crippen molar-refractivity contribution in [3.8, 4) is 0 Å². The van der Waals surface area contributed by atoms with Crippen LogP contribution in [-0.4, -0.2) is 15.0 Å². The molecular weight excluding hydrogens is 282 g/mol. The number of rotatable bonds is 10. The van der Waals surface area contributed by atoms with Crippen LogP contribution in [0.4, 0.5) is 0 Å². The summed E-state index contributed by atoms with van der Waals surface area (Å²) in [6.07, 6.45) is 15.7. The van der Waals surface area contributed by atoms with Gasteiger partial charge in [-0.3, -0.25) is 0 Å². The molecule has 0 saturated carbocycles. The first-order chi connectivity index (χ1) is 11.0. The molecule has 0 saturated heterocycles. The summed E-state index contributed by atoms with van der Waals surface area (Å²) in [5.41, 5.74) is 5.42. The molecule has 0 aromatic carbocycles. The molecule has 0 amide bonds. The van der Waals surface area contributed by atoms with Crippen molar-refractivity contribution in [1.29, 1.82) is 0 Å². The lowest BCUT2D eigenvalue weighted by Gasteiger charge is -2.02. The molecule has 3 heteroatoms. The van der Waals surface area contributed by atoms with E-state index in [0.717, 1.165) is 44.3 Å². The smallest absolute Gasteiger partial charge is 0.0827 e. The van der Waals surface area contributed by atoms with Gasteiger partial charge in [0.25, 0.3) is 0 Å². The maximum Gasteiger partial charge on any atom is 0.0827 e. The van der Waals surface area contributed by atoms with Crippen molar-refractivity contribution in [3.05, 3.63) is 46.8 Å². The zero-order valence-electron chi connectivity index (χ0n) is 15.6. The molecule has 0 fully saturated rings. The van der Waals surface area contributed by atoms with Gasteiger partial charge in [-0.2, -0.15) is 0 Å². The summed E-state index contributed by atoms with van der Waals surface area (Å²) < 4.78 is 1.93. The SMILES string of the molecule is CCCc1cn(C/C=C(/C)CC/C=C(\C)CCC=C(C)C)nn1. The van der Waals surface area contributed by atoms with E-state index >= 15 is 0 Å². The average Bonchev–Trinajstić information content (AvgIpc) is 2.93. The fourth-order valence-electron chi connectivity index (χ4n) is 2.39. The van der Waals surface area contributed by atoms with Crippen molar-refractivity contribution in [2.24, 2.45) is 0 Å². The number of hydrogen-bond acceptors (Lipinski definition) is 2. The highest BCUT2D eigenvalue weighted by molar-refractivity contribution is 5.05. The Morgan fingerprint density at radius 3 is 2.30 bits per heavy atom. The zero-order chi connectivity index (χ0) is 17.1. The minimum atomic E-state index is 0.825. The molecule has 0 N–H and O–H groups in total. The number of hydrogen-bond donors (Lipinski definition) is 0. The van der Waals surface area contributed by atoms with Crippen molar-refractivity contribution in [3.63, 3.8) is 0 Å². The van der Waals surface area contributed by atoms with Crippen LogP contribution in [-0.2, 0) is 13.0 Å². The molecule has 3 nitrogen and oxygen atoms in total. The third kappa shape index (κ3) is 9.17. The molecule has 0 aliphatic carbocycles. The Kier molecular flexibility index (Phi) is 9.27. The summed E-state index contributed by atoms with van der Waals surface area (Å²) in [5.74, 6) is 0. The van der Waals surface area contributed by atoms with Crippen LogP contribution in [0.5, 0.6) is 0 Å². The molecule has 23 heavy (non-hydrogen) atoms. The first-order valence-electron chi connectivity index (χ1n) is 8.85. The van der Waals surface area contributed by atoms with Gasteiger partial charge in [0.15, 0.2) is 0 Å². The summed E-state index contributed by atoms with van der Waals surface area (Å²) >= 11 is 0. The van der Waals surface area contributed by atoms with E-state index < -0.39 is 0 Å². The van der Waals surface area contributed by atoms with E-state index in [-0.39, 0.29) is 0 Å². The predicted octanol–water partition coefficient (Wildman–Crippen LogP) is 5.65. The fourth-order valence-corrected chi connectivity index (χ4v) is 2.39. The summed E-state index contributed by atoms with van der Waals surface area (Å²) in [6, 6.07) is 0. The van der Waals surface area contributed by atoms with Gasteiger partial charge in [-0.25, -0.2) is 4.68 Å². The quantitative estimate of drug-likeness (QED) is 0.522. The first kappa shape index (κ1) is 19.4. The minimum Gasteiger partial charge on any atom is -0.248 e. The van der Waals surface area contributed by atoms with Crippen LogP contribution in [0.1, 0.15) is 72.4 Å². The Morgan fingerprint density at radius 2 is 1.65 bits per heavy atom. The van der Waals surface area contributed by atoms with Gasteiger partial charge in [0, 0.05) is 6.20 Å². The predicted molar refractivity (Wildman–Crippen MR) is 99.4 cm³/mol. The van der Waals surface area contributed by atoms with Crippen LogP contribution < -0.4 is 0 Å². The molecule has 0 bridgehead atoms. The monoisotopic (exact) mass is 315 g/mol. The van der Waals surface area contributed by atoms with E-state index in [2.05, 4.69) is 69.4 Å². The van der Waals surface area contributed by atoms with Gasteiger partial charge in [-0.1, -0.05) is 53.5 Å². The summed E-state index contributed by atoms with van der Waals surface area (Å²) in [5, 5.41) is 8.35. The molecule has 0 atom stereocenters. The third-order valence-electron chi connectivity index (χ3n) is 3.84. The normalized spacial score (nSPS) is 12.6. The van der Waals surface area contributed by atoms with Crippen LogP contribution in [0.2, 0.25) is 0 Å². The van der Waals surface area contributed by atoms with Crippen LogP contribution in [0.25, 0.3) is 0 Å². The number of allylic oxidation sites excluding steroid dienone is 6. The van der Waals surface area contributed by atoms with Gasteiger partial charge < -0.3 is 0 Å². The second kappa shape index (κ2) is 11.0. The standard InChI is InChI=1S/C20H33N3/c1-6-9-20-16-23(22-21-20)15-14-19(5)13-8-12-18(4)11-7-10-17(2)3/h10,12,14,16H,6-9,11,13,15H2,1-5H3/b18-12+,19-14-. The van der Waals surface area contributed by atoms with E-state index in [1.54, 1.807) is 0 Å². The molecule has 0 spiro atoms. The molecule has 1 heterocycles. The van der Waals surface area contributed by atoms with Crippen LogP contribution in [0.15, 0.2) is 41.1 Å². The molecule has 1 rings (SSSR count). The highest BCUT2D eigenvalue weighted by atomic mass is 15.4. The lowest BCUT2D eigenvalue weighted by Crippen LogP contribution is -1.96. The van der Waals surface area contributed by atoms with Crippen molar-refractivity contribution < 1.29 is 0 Å². The van der Waals surface area contributed by atoms with Gasteiger partial charge in [-0.15, -0.1) is 5.10 Å². The van der Waals surface area contributed by atoms with E-state index in [4.69, 9.17) is 0 Å². The molecule has 0 aliphatic heterocycles. The second-order valence-electron chi connectivity index (χ2n) is 6.64. The van der Waals surface area contributed by atoms with Crippen LogP contribution in [0.3, 0.4) is 0 Å². The maximum atomic E-state index is 4.18. The molecule has 0 unspecified atom stereocenters. The van der Waals surface area contributed by atoms with Gasteiger partial charge in [0.05, 0.1) is 12.2 Å². The summed E-state index contributed by atoms with van der Waals surface area (Å²) in [4.78, 5) is 0. The van der Waals surface area contributed by atoms with Gasteiger partial charge in [0.1, 0.15) is 0 Å². The van der Waals surface area contributed by atoms with Crippen LogP contribution >= 0.6 is 0 Å². The van der Waals surface area contributed by atoms with E-state index in [1.165, 1.54) is 23.1 Å². The maximum absolute atomic E-state index is 4.18. The molecule has 0 aliphatic rings. The highest BCUT2D eigenvalue weighted by Crippen LogP contribution is 2.11. The molecule has 1 aromatic rings. The fraction of sp³-hybridized carbons (Fsp3) is 0.600. The van der Waals surface area contributed by atoms with Gasteiger partial charge in [-0.05, 0) is 59.8 Å². The van der Waals surface area contributed by atoms with Crippen molar-refractivity contribution in [2.45, 2.75) is 79.7 Å². The Labute approximate surface area is 142 Å². The molecule has 0 radical (unpaired) electrons. The van der Waals surface area contributed by atoms with Crippen molar-refractivity contribution >= 4 is 0 Å².